The van der Waals surface area contributed by atoms with Crippen LogP contribution < -0.4 is 16.6 Å². The summed E-state index contributed by atoms with van der Waals surface area (Å²) in [7, 11) is 0. The molecule has 0 fully saturated rings. The van der Waals surface area contributed by atoms with Crippen molar-refractivity contribution < 1.29 is 4.92 Å². The molecule has 0 saturated heterocycles. The van der Waals surface area contributed by atoms with Crippen molar-refractivity contribution in [2.75, 3.05) is 10.7 Å². The zero-order valence-corrected chi connectivity index (χ0v) is 10.0. The normalized spacial score (nSPS) is 9.95. The van der Waals surface area contributed by atoms with Gasteiger partial charge < -0.3 is 10.7 Å². The van der Waals surface area contributed by atoms with Crippen LogP contribution in [0.5, 0.6) is 0 Å². The standard InChI is InChI=1S/C12H13N5O2/c13-16-11-5-10(6-12(7-11)17(18)19)15-8-9-3-1-2-4-14-9/h1-7,15-16H,8,13H2. The van der Waals surface area contributed by atoms with Crippen LogP contribution in [-0.4, -0.2) is 9.91 Å². The maximum absolute atomic E-state index is 10.8. The second-order valence-electron chi connectivity index (χ2n) is 3.84. The van der Waals surface area contributed by atoms with Crippen molar-refractivity contribution in [1.29, 1.82) is 0 Å². The highest BCUT2D eigenvalue weighted by Gasteiger charge is 2.09. The van der Waals surface area contributed by atoms with E-state index in [9.17, 15) is 10.1 Å². The molecule has 0 saturated carbocycles. The SMILES string of the molecule is NNc1cc(NCc2ccccn2)cc([N+](=O)[O-])c1. The van der Waals surface area contributed by atoms with Crippen molar-refractivity contribution in [3.8, 4) is 0 Å². The number of nitrogens with two attached hydrogens (primary N) is 1. The Hall–Kier alpha value is -2.67. The molecule has 2 aromatic rings. The lowest BCUT2D eigenvalue weighted by Gasteiger charge is -2.08. The molecular formula is C12H13N5O2. The molecule has 0 unspecified atom stereocenters. The van der Waals surface area contributed by atoms with E-state index in [1.165, 1.54) is 12.1 Å². The Kier molecular flexibility index (Phi) is 3.89. The number of hydrogen-bond acceptors (Lipinski definition) is 6. The Morgan fingerprint density at radius 2 is 2.05 bits per heavy atom. The Morgan fingerprint density at radius 3 is 2.68 bits per heavy atom. The molecule has 0 radical (unpaired) electrons. The van der Waals surface area contributed by atoms with Gasteiger partial charge in [-0.3, -0.25) is 20.9 Å². The summed E-state index contributed by atoms with van der Waals surface area (Å²) in [5.41, 5.74) is 4.29. The Labute approximate surface area is 109 Å². The average Bonchev–Trinajstić information content (AvgIpc) is 2.45. The smallest absolute Gasteiger partial charge is 0.273 e. The zero-order valence-electron chi connectivity index (χ0n) is 10.0. The van der Waals surface area contributed by atoms with E-state index < -0.39 is 4.92 Å². The lowest BCUT2D eigenvalue weighted by atomic mass is 10.2. The van der Waals surface area contributed by atoms with Crippen LogP contribution in [0, 0.1) is 10.1 Å². The van der Waals surface area contributed by atoms with Gasteiger partial charge in [0.15, 0.2) is 0 Å². The minimum atomic E-state index is -0.465. The van der Waals surface area contributed by atoms with Crippen molar-refractivity contribution in [3.63, 3.8) is 0 Å². The van der Waals surface area contributed by atoms with E-state index in [2.05, 4.69) is 15.7 Å². The molecule has 0 bridgehead atoms. The third-order valence-electron chi connectivity index (χ3n) is 2.50. The van der Waals surface area contributed by atoms with Crippen LogP contribution in [0.15, 0.2) is 42.6 Å². The summed E-state index contributed by atoms with van der Waals surface area (Å²) >= 11 is 0. The summed E-state index contributed by atoms with van der Waals surface area (Å²) in [4.78, 5) is 14.5. The van der Waals surface area contributed by atoms with Crippen LogP contribution in [0.1, 0.15) is 5.69 Å². The van der Waals surface area contributed by atoms with Gasteiger partial charge in [-0.15, -0.1) is 0 Å². The highest BCUT2D eigenvalue weighted by atomic mass is 16.6. The minimum Gasteiger partial charge on any atom is -0.379 e. The number of hydrazine groups is 1. The monoisotopic (exact) mass is 259 g/mol. The Balaban J connectivity index is 2.15. The number of aromatic nitrogens is 1. The van der Waals surface area contributed by atoms with Gasteiger partial charge in [0.05, 0.1) is 22.8 Å². The number of non-ortho nitro benzene ring substituents is 1. The second kappa shape index (κ2) is 5.78. The molecule has 2 rings (SSSR count). The summed E-state index contributed by atoms with van der Waals surface area (Å²) in [6.07, 6.45) is 1.69. The fourth-order valence-corrected chi connectivity index (χ4v) is 1.60. The van der Waals surface area contributed by atoms with Crippen molar-refractivity contribution in [2.45, 2.75) is 6.54 Å². The molecule has 0 aliphatic carbocycles. The first-order valence-electron chi connectivity index (χ1n) is 5.59. The molecule has 0 atom stereocenters. The molecule has 1 aromatic carbocycles. The van der Waals surface area contributed by atoms with Gasteiger partial charge in [-0.25, -0.2) is 0 Å². The molecule has 7 nitrogen and oxygen atoms in total. The van der Waals surface area contributed by atoms with E-state index in [0.29, 0.717) is 17.9 Å². The van der Waals surface area contributed by atoms with Crippen molar-refractivity contribution >= 4 is 17.1 Å². The third kappa shape index (κ3) is 3.39. The maximum atomic E-state index is 10.8. The molecule has 19 heavy (non-hydrogen) atoms. The lowest BCUT2D eigenvalue weighted by Crippen LogP contribution is -2.08. The summed E-state index contributed by atoms with van der Waals surface area (Å²) in [5.74, 6) is 5.28. The molecule has 98 valence electrons. The molecule has 0 amide bonds. The Morgan fingerprint density at radius 1 is 1.26 bits per heavy atom. The summed E-state index contributed by atoms with van der Waals surface area (Å²) < 4.78 is 0. The van der Waals surface area contributed by atoms with E-state index >= 15 is 0 Å². The van der Waals surface area contributed by atoms with Crippen LogP contribution in [0.3, 0.4) is 0 Å². The minimum absolute atomic E-state index is 0.0287. The molecule has 0 spiro atoms. The van der Waals surface area contributed by atoms with Crippen molar-refractivity contribution in [2.24, 2.45) is 5.84 Å². The lowest BCUT2D eigenvalue weighted by molar-refractivity contribution is -0.384. The van der Waals surface area contributed by atoms with Gasteiger partial charge in [-0.05, 0) is 18.2 Å². The maximum Gasteiger partial charge on any atom is 0.273 e. The predicted molar refractivity (Wildman–Crippen MR) is 72.5 cm³/mol. The highest BCUT2D eigenvalue weighted by Crippen LogP contribution is 2.24. The van der Waals surface area contributed by atoms with E-state index in [1.54, 1.807) is 12.3 Å². The number of nitro groups is 1. The van der Waals surface area contributed by atoms with Gasteiger partial charge in [-0.1, -0.05) is 6.07 Å². The molecule has 0 aliphatic rings. The van der Waals surface area contributed by atoms with Gasteiger partial charge in [0.1, 0.15) is 0 Å². The molecule has 7 heteroatoms. The number of nitrogens with zero attached hydrogens (tertiary/aromatic N) is 2. The number of nitrogens with one attached hydrogen (secondary N) is 2. The van der Waals surface area contributed by atoms with Gasteiger partial charge >= 0.3 is 0 Å². The molecule has 1 aromatic heterocycles. The highest BCUT2D eigenvalue weighted by molar-refractivity contribution is 5.63. The van der Waals surface area contributed by atoms with Gasteiger partial charge in [0.25, 0.3) is 5.69 Å². The molecule has 1 heterocycles. The fraction of sp³-hybridized carbons (Fsp3) is 0.0833. The number of benzene rings is 1. The van der Waals surface area contributed by atoms with E-state index in [4.69, 9.17) is 5.84 Å². The number of anilines is 2. The molecular weight excluding hydrogens is 246 g/mol. The number of hydrogen-bond donors (Lipinski definition) is 3. The molecule has 4 N–H and O–H groups in total. The van der Waals surface area contributed by atoms with Crippen LogP contribution in [-0.2, 0) is 6.54 Å². The first-order valence-corrected chi connectivity index (χ1v) is 5.59. The average molecular weight is 259 g/mol. The number of pyridine rings is 1. The van der Waals surface area contributed by atoms with Gasteiger partial charge in [0, 0.05) is 24.0 Å². The topological polar surface area (TPSA) is 106 Å². The third-order valence-corrected chi connectivity index (χ3v) is 2.50. The first kappa shape index (κ1) is 12.8. The fourth-order valence-electron chi connectivity index (χ4n) is 1.60. The van der Waals surface area contributed by atoms with Crippen LogP contribution in [0.4, 0.5) is 17.1 Å². The largest absolute Gasteiger partial charge is 0.379 e. The van der Waals surface area contributed by atoms with Crippen molar-refractivity contribution in [1.82, 2.24) is 4.98 Å². The van der Waals surface area contributed by atoms with Crippen LogP contribution in [0.2, 0.25) is 0 Å². The summed E-state index contributed by atoms with van der Waals surface area (Å²) in [5, 5.41) is 13.9. The quantitative estimate of drug-likeness (QED) is 0.430. The number of nitro benzene ring substituents is 1. The molecule has 0 aliphatic heterocycles. The van der Waals surface area contributed by atoms with Crippen LogP contribution in [0.25, 0.3) is 0 Å². The van der Waals surface area contributed by atoms with E-state index in [-0.39, 0.29) is 5.69 Å². The first-order chi connectivity index (χ1) is 9.19. The summed E-state index contributed by atoms with van der Waals surface area (Å²) in [6.45, 7) is 0.478. The van der Waals surface area contributed by atoms with E-state index in [0.717, 1.165) is 5.69 Å². The number of nitrogen functional groups attached to an aromatic ring is 1. The predicted octanol–water partition coefficient (Wildman–Crippen LogP) is 1.89. The number of rotatable bonds is 5. The van der Waals surface area contributed by atoms with Gasteiger partial charge in [-0.2, -0.15) is 0 Å². The van der Waals surface area contributed by atoms with Crippen LogP contribution >= 0.6 is 0 Å². The van der Waals surface area contributed by atoms with E-state index in [1.807, 2.05) is 18.2 Å². The second-order valence-corrected chi connectivity index (χ2v) is 3.84. The Bertz CT molecular complexity index is 574. The zero-order chi connectivity index (χ0) is 13.7. The summed E-state index contributed by atoms with van der Waals surface area (Å²) in [6, 6.07) is 10.1. The van der Waals surface area contributed by atoms with Gasteiger partial charge in [0.2, 0.25) is 0 Å². The van der Waals surface area contributed by atoms with Crippen molar-refractivity contribution in [3.05, 3.63) is 58.4 Å².